The van der Waals surface area contributed by atoms with Crippen molar-refractivity contribution in [1.82, 2.24) is 18.9 Å². The van der Waals surface area contributed by atoms with Gasteiger partial charge in [0.25, 0.3) is 11.8 Å². The minimum atomic E-state index is -1.59. The van der Waals surface area contributed by atoms with Crippen LogP contribution >= 0.6 is 23.2 Å². The number of carbonyl (C=O) groups excluding carboxylic acids is 2. The number of benzene rings is 4. The lowest BCUT2D eigenvalue weighted by Gasteiger charge is -2.49. The van der Waals surface area contributed by atoms with Gasteiger partial charge in [0.2, 0.25) is 0 Å². The van der Waals surface area contributed by atoms with Gasteiger partial charge in [-0.15, -0.1) is 0 Å². The number of aliphatic hydroxyl groups excluding tert-OH is 1. The smallest absolute Gasteiger partial charge is 0.352 e. The SMILES string of the molecule is COc1ccc([C@@]23C(=O)N(Nc4ccc(Cl)cc4Cl)C(=O)[C@@H]2C[C@@H]2C(=CCn4c(=O)n(-c5ccccc5)c(=O)n42)[C@@H]3c2ccccc2OCCO)cc1. The van der Waals surface area contributed by atoms with Gasteiger partial charge < -0.3 is 14.6 Å². The maximum Gasteiger partial charge on any atom is 0.352 e. The molecule has 14 heteroatoms. The maximum atomic E-state index is 15.5. The number of aliphatic hydroxyl groups is 1. The number of rotatable bonds is 9. The Morgan fingerprint density at radius 1 is 0.906 bits per heavy atom. The Morgan fingerprint density at radius 2 is 1.64 bits per heavy atom. The number of anilines is 1. The second-order valence-electron chi connectivity index (χ2n) is 13.0. The number of hydrogen-bond donors (Lipinski definition) is 2. The van der Waals surface area contributed by atoms with Gasteiger partial charge in [-0.05, 0) is 66.1 Å². The molecule has 0 unspecified atom stereocenters. The molecule has 12 nitrogen and oxygen atoms in total. The zero-order valence-electron chi connectivity index (χ0n) is 28.3. The zero-order chi connectivity index (χ0) is 37.0. The molecule has 0 radical (unpaired) electrons. The molecule has 8 rings (SSSR count). The molecule has 3 heterocycles. The van der Waals surface area contributed by atoms with Crippen molar-refractivity contribution in [3.63, 3.8) is 0 Å². The summed E-state index contributed by atoms with van der Waals surface area (Å²) in [5, 5.41) is 11.3. The van der Waals surface area contributed by atoms with E-state index in [-0.39, 0.29) is 36.9 Å². The lowest BCUT2D eigenvalue weighted by molar-refractivity contribution is -0.138. The Morgan fingerprint density at radius 3 is 2.36 bits per heavy atom. The van der Waals surface area contributed by atoms with Crippen LogP contribution in [0.5, 0.6) is 11.5 Å². The Balaban J connectivity index is 1.39. The first-order valence-electron chi connectivity index (χ1n) is 17.0. The van der Waals surface area contributed by atoms with Gasteiger partial charge in [0.15, 0.2) is 0 Å². The van der Waals surface area contributed by atoms with E-state index >= 15 is 4.79 Å². The quantitative estimate of drug-likeness (QED) is 0.157. The second-order valence-corrected chi connectivity index (χ2v) is 13.9. The van der Waals surface area contributed by atoms with E-state index in [0.717, 1.165) is 9.58 Å². The number of fused-ring (bicyclic) bond motifs is 4. The van der Waals surface area contributed by atoms with E-state index in [2.05, 4.69) is 5.43 Å². The number of methoxy groups -OCH3 is 1. The minimum absolute atomic E-state index is 0.00325. The summed E-state index contributed by atoms with van der Waals surface area (Å²) in [5.74, 6) is -2.12. The summed E-state index contributed by atoms with van der Waals surface area (Å²) in [6, 6.07) is 26.7. The highest BCUT2D eigenvalue weighted by Gasteiger charge is 2.69. The summed E-state index contributed by atoms with van der Waals surface area (Å²) in [6.07, 6.45) is 1.88. The van der Waals surface area contributed by atoms with E-state index in [4.69, 9.17) is 32.7 Å². The van der Waals surface area contributed by atoms with Crippen molar-refractivity contribution in [2.24, 2.45) is 5.92 Å². The van der Waals surface area contributed by atoms with E-state index in [1.54, 1.807) is 78.9 Å². The molecular weight excluding hydrogens is 721 g/mol. The van der Waals surface area contributed by atoms with Crippen LogP contribution in [0.1, 0.15) is 29.5 Å². The molecule has 2 N–H and O–H groups in total. The first-order valence-corrected chi connectivity index (χ1v) is 17.7. The first-order chi connectivity index (χ1) is 25.7. The molecule has 53 heavy (non-hydrogen) atoms. The van der Waals surface area contributed by atoms with Crippen LogP contribution in [0.15, 0.2) is 118 Å². The highest BCUT2D eigenvalue weighted by Crippen LogP contribution is 2.63. The number of para-hydroxylation sites is 2. The molecule has 2 aliphatic heterocycles. The van der Waals surface area contributed by atoms with Gasteiger partial charge in [-0.25, -0.2) is 23.5 Å². The van der Waals surface area contributed by atoms with E-state index in [1.807, 2.05) is 18.2 Å². The number of ether oxygens (including phenoxy) is 2. The van der Waals surface area contributed by atoms with Crippen molar-refractivity contribution in [3.05, 3.63) is 151 Å². The van der Waals surface area contributed by atoms with Crippen molar-refractivity contribution in [2.45, 2.75) is 30.3 Å². The van der Waals surface area contributed by atoms with Crippen molar-refractivity contribution in [3.8, 4) is 17.2 Å². The zero-order valence-corrected chi connectivity index (χ0v) is 29.8. The fourth-order valence-corrected chi connectivity index (χ4v) is 8.70. The predicted molar refractivity (Wildman–Crippen MR) is 198 cm³/mol. The molecule has 1 aliphatic carbocycles. The van der Waals surface area contributed by atoms with Crippen molar-refractivity contribution >= 4 is 40.7 Å². The van der Waals surface area contributed by atoms with Crippen LogP contribution in [0.3, 0.4) is 0 Å². The number of hydrogen-bond acceptors (Lipinski definition) is 8. The van der Waals surface area contributed by atoms with Crippen molar-refractivity contribution < 1.29 is 24.2 Å². The Hall–Kier alpha value is -5.56. The number of aromatic nitrogens is 3. The number of carbonyl (C=O) groups is 2. The molecule has 0 bridgehead atoms. The number of nitrogens with zero attached hydrogens (tertiary/aromatic N) is 4. The van der Waals surface area contributed by atoms with Gasteiger partial charge in [-0.2, -0.15) is 5.01 Å². The number of hydrazine groups is 1. The third-order valence-corrected chi connectivity index (χ3v) is 11.0. The molecule has 0 spiro atoms. The van der Waals surface area contributed by atoms with Crippen LogP contribution in [0.2, 0.25) is 10.0 Å². The van der Waals surface area contributed by atoms with Gasteiger partial charge in [0, 0.05) is 16.5 Å². The molecule has 4 atom stereocenters. The second kappa shape index (κ2) is 13.4. The predicted octanol–water partition coefficient (Wildman–Crippen LogP) is 5.11. The van der Waals surface area contributed by atoms with Crippen LogP contribution in [0, 0.1) is 5.92 Å². The van der Waals surface area contributed by atoms with Crippen LogP contribution < -0.4 is 26.3 Å². The number of nitrogens with one attached hydrogen (secondary N) is 1. The minimum Gasteiger partial charge on any atom is -0.497 e. The molecule has 2 fully saturated rings. The summed E-state index contributed by atoms with van der Waals surface area (Å²) in [6.45, 7) is -0.258. The molecular formula is C39H33Cl2N5O7. The number of amides is 2. The molecule has 5 aromatic rings. The molecule has 1 saturated carbocycles. The highest BCUT2D eigenvalue weighted by molar-refractivity contribution is 6.36. The van der Waals surface area contributed by atoms with Crippen LogP contribution in [0.4, 0.5) is 5.69 Å². The molecule has 1 aromatic heterocycles. The van der Waals surface area contributed by atoms with Gasteiger partial charge in [-0.1, -0.05) is 77.8 Å². The average molecular weight is 755 g/mol. The van der Waals surface area contributed by atoms with Crippen molar-refractivity contribution in [1.29, 1.82) is 0 Å². The summed E-state index contributed by atoms with van der Waals surface area (Å²) >= 11 is 12.7. The monoisotopic (exact) mass is 753 g/mol. The largest absolute Gasteiger partial charge is 0.497 e. The highest BCUT2D eigenvalue weighted by atomic mass is 35.5. The van der Waals surface area contributed by atoms with E-state index in [1.165, 1.54) is 22.5 Å². The lowest BCUT2D eigenvalue weighted by atomic mass is 9.53. The number of halogens is 2. The van der Waals surface area contributed by atoms with Gasteiger partial charge in [0.1, 0.15) is 18.1 Å². The van der Waals surface area contributed by atoms with Gasteiger partial charge >= 0.3 is 11.4 Å². The summed E-state index contributed by atoms with van der Waals surface area (Å²) in [5.41, 5.74) is 2.75. The standard InChI is InChI=1S/C39H33Cl2N5O7/c1-52-26-14-11-23(12-15-26)39-29(35(48)45(36(39)49)42-31-16-13-24(40)21-30(31)41)22-32-27(34(39)28-9-5-6-10-33(28)53-20-19-47)17-18-43-37(50)44(38(51)46(32)43)25-7-3-2-4-8-25/h2-17,21,29,32,34,42,47H,18-20,22H2,1H3/t29-,32+,34+,39+/m0/s1. The number of allylic oxidation sites excluding steroid dienone is 2. The third-order valence-electron chi connectivity index (χ3n) is 10.4. The maximum absolute atomic E-state index is 15.5. The lowest BCUT2D eigenvalue weighted by Crippen LogP contribution is -2.53. The molecule has 1 saturated heterocycles. The van der Waals surface area contributed by atoms with E-state index in [9.17, 15) is 19.5 Å². The van der Waals surface area contributed by atoms with Crippen molar-refractivity contribution in [2.75, 3.05) is 25.7 Å². The molecule has 4 aromatic carbocycles. The first kappa shape index (κ1) is 34.5. The Kier molecular flexibility index (Phi) is 8.76. The normalized spacial score (nSPS) is 21.8. The van der Waals surface area contributed by atoms with E-state index < -0.39 is 46.5 Å². The van der Waals surface area contributed by atoms with E-state index in [0.29, 0.717) is 38.9 Å². The fraction of sp³-hybridized carbons (Fsp3) is 0.231. The fourth-order valence-electron chi connectivity index (χ4n) is 8.25. The van der Waals surface area contributed by atoms with Gasteiger partial charge in [-0.3, -0.25) is 15.0 Å². The molecule has 2 amide bonds. The van der Waals surface area contributed by atoms with Crippen LogP contribution in [-0.4, -0.2) is 56.2 Å². The van der Waals surface area contributed by atoms with Crippen LogP contribution in [-0.2, 0) is 21.5 Å². The van der Waals surface area contributed by atoms with Gasteiger partial charge in [0.05, 0.1) is 54.0 Å². The summed E-state index contributed by atoms with van der Waals surface area (Å²) in [4.78, 5) is 58.7. The third kappa shape index (κ3) is 5.31. The van der Waals surface area contributed by atoms with Crippen LogP contribution in [0.25, 0.3) is 5.69 Å². The Labute approximate surface area is 312 Å². The number of imide groups is 1. The summed E-state index contributed by atoms with van der Waals surface area (Å²) in [7, 11) is 1.54. The summed E-state index contributed by atoms with van der Waals surface area (Å²) < 4.78 is 15.5. The molecule has 3 aliphatic rings. The molecule has 270 valence electrons. The topological polar surface area (TPSA) is 137 Å². The average Bonchev–Trinajstić information content (AvgIpc) is 3.56. The Bertz CT molecular complexity index is 2410.